The monoisotopic (exact) mass is 567 g/mol. The lowest BCUT2D eigenvalue weighted by Crippen LogP contribution is -2.46. The van der Waals surface area contributed by atoms with Crippen molar-refractivity contribution in [3.05, 3.63) is 106 Å². The smallest absolute Gasteiger partial charge is 0.255 e. The molecule has 1 aromatic heterocycles. The zero-order valence-corrected chi connectivity index (χ0v) is 22.6. The van der Waals surface area contributed by atoms with E-state index >= 15 is 0 Å². The van der Waals surface area contributed by atoms with E-state index in [4.69, 9.17) is 28.2 Å². The fourth-order valence-corrected chi connectivity index (χ4v) is 5.37. The van der Waals surface area contributed by atoms with Gasteiger partial charge >= 0.3 is 0 Å². The number of piperazine rings is 1. The van der Waals surface area contributed by atoms with Crippen molar-refractivity contribution in [2.24, 2.45) is 0 Å². The summed E-state index contributed by atoms with van der Waals surface area (Å²) in [6, 6.07) is 22.7. The van der Waals surface area contributed by atoms with Crippen LogP contribution in [-0.2, 0) is 5.75 Å². The van der Waals surface area contributed by atoms with E-state index in [0.717, 1.165) is 48.3 Å². The molecule has 0 spiro atoms. The highest BCUT2D eigenvalue weighted by molar-refractivity contribution is 7.98. The number of nitrogens with zero attached hydrogens (tertiary/aromatic N) is 4. The van der Waals surface area contributed by atoms with Crippen molar-refractivity contribution in [1.29, 1.82) is 0 Å². The predicted octanol–water partition coefficient (Wildman–Crippen LogP) is 6.79. The Labute approximate surface area is 234 Å². The second-order valence-corrected chi connectivity index (χ2v) is 10.5. The maximum atomic E-state index is 13.1. The lowest BCUT2D eigenvalue weighted by atomic mass is 10.1. The Hall–Kier alpha value is -3.33. The van der Waals surface area contributed by atoms with Gasteiger partial charge in [-0.3, -0.25) is 4.79 Å². The van der Waals surface area contributed by atoms with Crippen LogP contribution >= 0.6 is 35.0 Å². The molecule has 0 unspecified atom stereocenters. The molecule has 1 aliphatic rings. The van der Waals surface area contributed by atoms with E-state index in [0.29, 0.717) is 27.3 Å². The van der Waals surface area contributed by atoms with Crippen LogP contribution in [0.15, 0.2) is 84.0 Å². The number of hydrogen-bond acceptors (Lipinski definition) is 6. The Morgan fingerprint density at radius 1 is 0.895 bits per heavy atom. The molecule has 1 saturated heterocycles. The van der Waals surface area contributed by atoms with E-state index in [-0.39, 0.29) is 11.7 Å². The molecular weight excluding hydrogens is 544 g/mol. The van der Waals surface area contributed by atoms with Crippen molar-refractivity contribution in [3.63, 3.8) is 0 Å². The molecule has 4 aromatic rings. The van der Waals surface area contributed by atoms with Crippen molar-refractivity contribution >= 4 is 58.1 Å². The molecule has 38 heavy (non-hydrogen) atoms. The van der Waals surface area contributed by atoms with Crippen LogP contribution in [0.2, 0.25) is 10.2 Å². The van der Waals surface area contributed by atoms with Gasteiger partial charge in [0.25, 0.3) is 5.91 Å². The second-order valence-electron chi connectivity index (χ2n) is 8.74. The van der Waals surface area contributed by atoms with Gasteiger partial charge in [-0.25, -0.2) is 14.4 Å². The third-order valence-electron chi connectivity index (χ3n) is 6.10. The molecule has 194 valence electrons. The average Bonchev–Trinajstić information content (AvgIpc) is 2.93. The molecule has 1 N–H and O–H groups in total. The molecule has 0 saturated carbocycles. The van der Waals surface area contributed by atoms with Gasteiger partial charge < -0.3 is 15.1 Å². The van der Waals surface area contributed by atoms with Crippen molar-refractivity contribution in [2.45, 2.75) is 10.9 Å². The molecule has 6 nitrogen and oxygen atoms in total. The average molecular weight is 569 g/mol. The summed E-state index contributed by atoms with van der Waals surface area (Å²) in [5.74, 6) is 0.751. The van der Waals surface area contributed by atoms with Gasteiger partial charge in [-0.05, 0) is 60.2 Å². The summed E-state index contributed by atoms with van der Waals surface area (Å²) in [4.78, 5) is 26.3. The maximum absolute atomic E-state index is 13.1. The topological polar surface area (TPSA) is 61.4 Å². The van der Waals surface area contributed by atoms with Crippen molar-refractivity contribution in [2.75, 3.05) is 41.3 Å². The van der Waals surface area contributed by atoms with Crippen LogP contribution in [-0.4, -0.2) is 42.1 Å². The van der Waals surface area contributed by atoms with Gasteiger partial charge in [-0.1, -0.05) is 53.2 Å². The number of rotatable bonds is 7. The Kier molecular flexibility index (Phi) is 8.32. The molecule has 0 bridgehead atoms. The lowest BCUT2D eigenvalue weighted by Gasteiger charge is -2.36. The van der Waals surface area contributed by atoms with E-state index in [1.807, 2.05) is 36.4 Å². The molecule has 0 radical (unpaired) electrons. The molecule has 1 aliphatic heterocycles. The van der Waals surface area contributed by atoms with Crippen molar-refractivity contribution < 1.29 is 9.18 Å². The summed E-state index contributed by atoms with van der Waals surface area (Å²) in [5, 5.41) is 4.48. The molecular formula is C28H24Cl2FN5OS. The normalized spacial score (nSPS) is 13.4. The molecule has 1 fully saturated rings. The molecule has 5 rings (SSSR count). The molecule has 1 amide bonds. The van der Waals surface area contributed by atoms with Crippen LogP contribution < -0.4 is 15.1 Å². The highest BCUT2D eigenvalue weighted by Crippen LogP contribution is 2.27. The minimum absolute atomic E-state index is 0.262. The number of thioether (sulfide) groups is 1. The zero-order valence-electron chi connectivity index (χ0n) is 20.3. The zero-order chi connectivity index (χ0) is 26.5. The molecule has 0 atom stereocenters. The Morgan fingerprint density at radius 3 is 2.39 bits per heavy atom. The van der Waals surface area contributed by atoms with Gasteiger partial charge in [0.15, 0.2) is 5.16 Å². The highest BCUT2D eigenvalue weighted by Gasteiger charge is 2.20. The first kappa shape index (κ1) is 26.3. The van der Waals surface area contributed by atoms with Gasteiger partial charge in [-0.2, -0.15) is 0 Å². The number of hydrogen-bond donors (Lipinski definition) is 1. The number of carbonyl (C=O) groups excluding carboxylic acids is 1. The third-order valence-corrected chi connectivity index (χ3v) is 7.44. The summed E-state index contributed by atoms with van der Waals surface area (Å²) in [7, 11) is 0. The van der Waals surface area contributed by atoms with Crippen LogP contribution in [0, 0.1) is 5.82 Å². The van der Waals surface area contributed by atoms with E-state index in [2.05, 4.69) is 26.2 Å². The predicted molar refractivity (Wildman–Crippen MR) is 153 cm³/mol. The fraction of sp³-hybridized carbons (Fsp3) is 0.179. The van der Waals surface area contributed by atoms with Gasteiger partial charge in [0, 0.05) is 60.0 Å². The van der Waals surface area contributed by atoms with Crippen LogP contribution in [0.5, 0.6) is 0 Å². The summed E-state index contributed by atoms with van der Waals surface area (Å²) < 4.78 is 13.1. The number of carbonyl (C=O) groups is 1. The number of anilines is 3. The Balaban J connectivity index is 1.20. The Bertz CT molecular complexity index is 1430. The van der Waals surface area contributed by atoms with Crippen LogP contribution in [0.25, 0.3) is 0 Å². The van der Waals surface area contributed by atoms with Crippen molar-refractivity contribution in [1.82, 2.24) is 9.97 Å². The van der Waals surface area contributed by atoms with Gasteiger partial charge in [0.2, 0.25) is 0 Å². The van der Waals surface area contributed by atoms with E-state index in [9.17, 15) is 9.18 Å². The number of nitrogens with one attached hydrogen (secondary N) is 1. The van der Waals surface area contributed by atoms with Gasteiger partial charge in [-0.15, -0.1) is 0 Å². The molecule has 2 heterocycles. The standard InChI is InChI=1S/C28H24Cl2FN5OS/c29-21-5-2-6-24(16-21)35-11-13-36(14-12-35)26-17-25(30)33-28(34-26)38-18-19-3-1-4-20(15-19)27(37)32-23-9-7-22(31)8-10-23/h1-10,15-17H,11-14,18H2,(H,32,37). The highest BCUT2D eigenvalue weighted by atomic mass is 35.5. The summed E-state index contributed by atoms with van der Waals surface area (Å²) in [5.41, 5.74) is 3.10. The number of amides is 1. The number of aromatic nitrogens is 2. The second kappa shape index (κ2) is 12.0. The van der Waals surface area contributed by atoms with E-state index in [1.165, 1.54) is 36.0 Å². The SMILES string of the molecule is O=C(Nc1ccc(F)cc1)c1cccc(CSc2nc(Cl)cc(N3CCN(c4cccc(Cl)c4)CC3)n2)c1. The summed E-state index contributed by atoms with van der Waals surface area (Å²) >= 11 is 14.0. The first-order valence-corrected chi connectivity index (χ1v) is 13.8. The Morgan fingerprint density at radius 2 is 1.63 bits per heavy atom. The number of halogens is 3. The fourth-order valence-electron chi connectivity index (χ4n) is 4.17. The van der Waals surface area contributed by atoms with E-state index < -0.39 is 0 Å². The minimum atomic E-state index is -0.354. The lowest BCUT2D eigenvalue weighted by molar-refractivity contribution is 0.102. The maximum Gasteiger partial charge on any atom is 0.255 e. The first-order chi connectivity index (χ1) is 18.4. The van der Waals surface area contributed by atoms with E-state index in [1.54, 1.807) is 12.1 Å². The van der Waals surface area contributed by atoms with Gasteiger partial charge in [0.05, 0.1) is 0 Å². The number of benzene rings is 3. The quantitative estimate of drug-likeness (QED) is 0.151. The van der Waals surface area contributed by atoms with Crippen LogP contribution in [0.3, 0.4) is 0 Å². The molecule has 10 heteroatoms. The van der Waals surface area contributed by atoms with Crippen LogP contribution in [0.4, 0.5) is 21.6 Å². The summed E-state index contributed by atoms with van der Waals surface area (Å²) in [6.45, 7) is 3.29. The van der Waals surface area contributed by atoms with Crippen LogP contribution in [0.1, 0.15) is 15.9 Å². The molecule has 0 aliphatic carbocycles. The third kappa shape index (κ3) is 6.75. The van der Waals surface area contributed by atoms with Gasteiger partial charge in [0.1, 0.15) is 16.8 Å². The largest absolute Gasteiger partial charge is 0.368 e. The molecule has 3 aromatic carbocycles. The summed E-state index contributed by atoms with van der Waals surface area (Å²) in [6.07, 6.45) is 0. The first-order valence-electron chi connectivity index (χ1n) is 12.0. The van der Waals surface area contributed by atoms with Crippen molar-refractivity contribution in [3.8, 4) is 0 Å². The minimum Gasteiger partial charge on any atom is -0.368 e.